The van der Waals surface area contributed by atoms with Crippen LogP contribution in [-0.4, -0.2) is 92.5 Å². The molecular formula is C12H27ClN4O8. The lowest BCUT2D eigenvalue weighted by molar-refractivity contribution is -0.138. The number of nitrogens with zero attached hydrogens (tertiary/aromatic N) is 1. The van der Waals surface area contributed by atoms with Gasteiger partial charge in [-0.1, -0.05) is 0 Å². The molecule has 150 valence electrons. The fourth-order valence-electron chi connectivity index (χ4n) is 1.26. The largest absolute Gasteiger partial charge is 0.480 e. The van der Waals surface area contributed by atoms with E-state index in [1.807, 2.05) is 0 Å². The summed E-state index contributed by atoms with van der Waals surface area (Å²) < 4.78 is 0. The standard InChI is InChI=1S/C6H14N4O2.C6H12O6.ClH/c7-4(5(11)12)2-1-3-10-6(8)9;7-1-3(9)5(11)6(12)4(10)2-8;/h4H,1-3,7H2,(H,11,12)(H4,8,9,10);1,3-6,8-12H,2H2;1H. The number of halogens is 1. The van der Waals surface area contributed by atoms with E-state index in [2.05, 4.69) is 4.99 Å². The van der Waals surface area contributed by atoms with Gasteiger partial charge in [0.1, 0.15) is 30.5 Å². The quantitative estimate of drug-likeness (QED) is 0.0743. The zero-order chi connectivity index (χ0) is 19.3. The summed E-state index contributed by atoms with van der Waals surface area (Å²) in [6.07, 6.45) is -5.88. The lowest BCUT2D eigenvalue weighted by Gasteiger charge is -2.22. The van der Waals surface area contributed by atoms with Gasteiger partial charge >= 0.3 is 5.97 Å². The molecule has 0 radical (unpaired) electrons. The van der Waals surface area contributed by atoms with Gasteiger partial charge in [0.05, 0.1) is 6.61 Å². The predicted molar refractivity (Wildman–Crippen MR) is 89.9 cm³/mol. The highest BCUT2D eigenvalue weighted by Gasteiger charge is 2.29. The lowest BCUT2D eigenvalue weighted by atomic mass is 10.0. The Labute approximate surface area is 150 Å². The van der Waals surface area contributed by atoms with Crippen LogP contribution in [0.1, 0.15) is 12.8 Å². The summed E-state index contributed by atoms with van der Waals surface area (Å²) in [7, 11) is 0. The summed E-state index contributed by atoms with van der Waals surface area (Å²) in [6.45, 7) is -0.340. The molecule has 0 aliphatic heterocycles. The van der Waals surface area contributed by atoms with Gasteiger partial charge in [-0.15, -0.1) is 12.4 Å². The second-order valence-electron chi connectivity index (χ2n) is 4.75. The number of aliphatic imine (C=N–C) groups is 1. The van der Waals surface area contributed by atoms with Gasteiger partial charge in [-0.2, -0.15) is 0 Å². The van der Waals surface area contributed by atoms with Crippen LogP contribution in [0.2, 0.25) is 0 Å². The third-order valence-electron chi connectivity index (χ3n) is 2.71. The van der Waals surface area contributed by atoms with Crippen molar-refractivity contribution in [3.8, 4) is 0 Å². The van der Waals surface area contributed by atoms with Crippen LogP contribution in [0.4, 0.5) is 0 Å². The number of carboxylic acids is 1. The van der Waals surface area contributed by atoms with E-state index < -0.39 is 43.0 Å². The molecule has 0 rings (SSSR count). The molecule has 5 atom stereocenters. The molecule has 0 heterocycles. The van der Waals surface area contributed by atoms with Crippen LogP contribution < -0.4 is 17.2 Å². The van der Waals surface area contributed by atoms with E-state index in [0.29, 0.717) is 19.4 Å². The maximum atomic E-state index is 10.2. The van der Waals surface area contributed by atoms with E-state index in [1.165, 1.54) is 0 Å². The summed E-state index contributed by atoms with van der Waals surface area (Å²) in [4.78, 5) is 23.8. The third-order valence-corrected chi connectivity index (χ3v) is 2.71. The number of carboxylic acid groups (broad SMARTS) is 1. The van der Waals surface area contributed by atoms with Crippen LogP contribution in [0, 0.1) is 0 Å². The highest BCUT2D eigenvalue weighted by molar-refractivity contribution is 5.85. The number of carbonyl (C=O) groups is 2. The van der Waals surface area contributed by atoms with E-state index >= 15 is 0 Å². The molecule has 0 aromatic rings. The first kappa shape index (κ1) is 28.3. The average molecular weight is 391 g/mol. The summed E-state index contributed by atoms with van der Waals surface area (Å²) in [5.41, 5.74) is 15.3. The molecule has 0 saturated carbocycles. The number of guanidine groups is 1. The van der Waals surface area contributed by atoms with Crippen molar-refractivity contribution in [3.63, 3.8) is 0 Å². The van der Waals surface area contributed by atoms with Crippen LogP contribution >= 0.6 is 12.4 Å². The maximum absolute atomic E-state index is 10.2. The van der Waals surface area contributed by atoms with Crippen LogP contribution in [0.3, 0.4) is 0 Å². The number of hydrogen-bond donors (Lipinski definition) is 9. The minimum atomic E-state index is -1.79. The molecule has 0 bridgehead atoms. The summed E-state index contributed by atoms with van der Waals surface area (Å²) in [5, 5.41) is 51.9. The maximum Gasteiger partial charge on any atom is 0.320 e. The predicted octanol–water partition coefficient (Wildman–Crippen LogP) is -4.51. The van der Waals surface area contributed by atoms with Gasteiger partial charge in [-0.05, 0) is 12.8 Å². The molecule has 0 saturated heterocycles. The lowest BCUT2D eigenvalue weighted by Crippen LogP contribution is -2.46. The molecular weight excluding hydrogens is 364 g/mol. The van der Waals surface area contributed by atoms with E-state index in [-0.39, 0.29) is 24.7 Å². The highest BCUT2D eigenvalue weighted by atomic mass is 35.5. The van der Waals surface area contributed by atoms with Gasteiger partial charge in [0.2, 0.25) is 0 Å². The van der Waals surface area contributed by atoms with Crippen molar-refractivity contribution in [2.45, 2.75) is 43.3 Å². The van der Waals surface area contributed by atoms with Gasteiger partial charge in [-0.25, -0.2) is 0 Å². The Morgan fingerprint density at radius 2 is 1.64 bits per heavy atom. The van der Waals surface area contributed by atoms with E-state index in [1.54, 1.807) is 0 Å². The number of aliphatic carboxylic acids is 1. The van der Waals surface area contributed by atoms with Gasteiger partial charge in [0, 0.05) is 6.54 Å². The molecule has 13 heteroatoms. The fourth-order valence-corrected chi connectivity index (χ4v) is 1.26. The first-order valence-corrected chi connectivity index (χ1v) is 6.90. The minimum Gasteiger partial charge on any atom is -0.480 e. The van der Waals surface area contributed by atoms with Gasteiger partial charge in [-0.3, -0.25) is 9.79 Å². The van der Waals surface area contributed by atoms with Crippen LogP contribution in [-0.2, 0) is 9.59 Å². The normalized spacial score (nSPS) is 15.9. The number of hydrogen-bond acceptors (Lipinski definition) is 9. The summed E-state index contributed by atoms with van der Waals surface area (Å²) >= 11 is 0. The van der Waals surface area contributed by atoms with Gasteiger partial charge in [0.15, 0.2) is 12.2 Å². The molecule has 0 aliphatic rings. The number of aldehydes is 1. The zero-order valence-corrected chi connectivity index (χ0v) is 14.2. The molecule has 0 aromatic heterocycles. The minimum absolute atomic E-state index is 0. The molecule has 0 fully saturated rings. The van der Waals surface area contributed by atoms with Crippen LogP contribution in [0.15, 0.2) is 4.99 Å². The van der Waals surface area contributed by atoms with Crippen molar-refractivity contribution in [1.29, 1.82) is 0 Å². The molecule has 0 aliphatic carbocycles. The summed E-state index contributed by atoms with van der Waals surface area (Å²) in [6, 6.07) is -0.820. The molecule has 12 N–H and O–H groups in total. The Balaban J connectivity index is -0.000000372. The zero-order valence-electron chi connectivity index (χ0n) is 13.4. The Hall–Kier alpha value is -1.54. The number of aliphatic hydroxyl groups excluding tert-OH is 5. The van der Waals surface area contributed by atoms with E-state index in [0.717, 1.165) is 0 Å². The van der Waals surface area contributed by atoms with Crippen molar-refractivity contribution in [3.05, 3.63) is 0 Å². The van der Waals surface area contributed by atoms with Crippen molar-refractivity contribution >= 4 is 30.6 Å². The Kier molecular flexibility index (Phi) is 18.0. The molecule has 0 spiro atoms. The first-order valence-electron chi connectivity index (χ1n) is 6.90. The summed E-state index contributed by atoms with van der Waals surface area (Å²) in [5.74, 6) is -0.987. The van der Waals surface area contributed by atoms with Crippen molar-refractivity contribution in [2.75, 3.05) is 13.2 Å². The first-order chi connectivity index (χ1) is 11.1. The van der Waals surface area contributed by atoms with Crippen LogP contribution in [0.5, 0.6) is 0 Å². The molecule has 12 nitrogen and oxygen atoms in total. The topological polar surface area (TPSA) is 246 Å². The average Bonchev–Trinajstić information content (AvgIpc) is 2.55. The van der Waals surface area contributed by atoms with Crippen molar-refractivity contribution < 1.29 is 40.2 Å². The Morgan fingerprint density at radius 1 is 1.12 bits per heavy atom. The second-order valence-corrected chi connectivity index (χ2v) is 4.75. The van der Waals surface area contributed by atoms with Gasteiger partial charge in [0.25, 0.3) is 0 Å². The van der Waals surface area contributed by atoms with Crippen LogP contribution in [0.25, 0.3) is 0 Å². The molecule has 0 amide bonds. The fraction of sp³-hybridized carbons (Fsp3) is 0.750. The SMILES string of the molecule is Cl.NC(N)=NCCCC(N)C(=O)O.O=CC(O)C(O)C(O)C(O)CO. The third kappa shape index (κ3) is 14.5. The number of carbonyl (C=O) groups excluding carboxylic acids is 1. The Bertz CT molecular complexity index is 397. The smallest absolute Gasteiger partial charge is 0.320 e. The highest BCUT2D eigenvalue weighted by Crippen LogP contribution is 2.02. The molecule has 5 unspecified atom stereocenters. The van der Waals surface area contributed by atoms with Crippen molar-refractivity contribution in [1.82, 2.24) is 0 Å². The number of rotatable bonds is 10. The monoisotopic (exact) mass is 390 g/mol. The number of nitrogens with two attached hydrogens (primary N) is 3. The Morgan fingerprint density at radius 3 is 2.00 bits per heavy atom. The van der Waals surface area contributed by atoms with Gasteiger partial charge < -0.3 is 52.6 Å². The molecule has 25 heavy (non-hydrogen) atoms. The number of aliphatic hydroxyl groups is 5. The van der Waals surface area contributed by atoms with Crippen molar-refractivity contribution in [2.24, 2.45) is 22.2 Å². The second kappa shape index (κ2) is 16.0. The van der Waals surface area contributed by atoms with E-state index in [4.69, 9.17) is 47.8 Å². The molecule has 0 aromatic carbocycles. The van der Waals surface area contributed by atoms with E-state index in [9.17, 15) is 9.59 Å².